The third-order valence-corrected chi connectivity index (χ3v) is 2.78. The van der Waals surface area contributed by atoms with Crippen molar-refractivity contribution in [1.29, 1.82) is 0 Å². The van der Waals surface area contributed by atoms with Gasteiger partial charge in [0.15, 0.2) is 0 Å². The zero-order valence-corrected chi connectivity index (χ0v) is 11.2. The van der Waals surface area contributed by atoms with Crippen LogP contribution in [0.1, 0.15) is 21.5 Å². The summed E-state index contributed by atoms with van der Waals surface area (Å²) in [6.45, 7) is 3.25. The van der Waals surface area contributed by atoms with Crippen molar-refractivity contribution >= 4 is 17.5 Å². The summed E-state index contributed by atoms with van der Waals surface area (Å²) in [5.74, 6) is -0.253. The Labute approximate surface area is 111 Å². The van der Waals surface area contributed by atoms with Crippen molar-refractivity contribution in [3.63, 3.8) is 0 Å². The molecule has 18 heavy (non-hydrogen) atoms. The van der Waals surface area contributed by atoms with E-state index in [-0.39, 0.29) is 12.4 Å². The molecule has 0 radical (unpaired) electrons. The summed E-state index contributed by atoms with van der Waals surface area (Å²) < 4.78 is 24.8. The van der Waals surface area contributed by atoms with Gasteiger partial charge >= 0.3 is 0 Å². The summed E-state index contributed by atoms with van der Waals surface area (Å²) >= 11 is 5.54. The number of aryl methyl sites for hydroxylation is 2. The molecule has 0 atom stereocenters. The van der Waals surface area contributed by atoms with Crippen LogP contribution in [0.15, 0.2) is 18.2 Å². The maximum atomic E-state index is 12.4. The van der Waals surface area contributed by atoms with Gasteiger partial charge in [0.05, 0.1) is 6.54 Å². The van der Waals surface area contributed by atoms with Crippen LogP contribution < -0.4 is 0 Å². The molecular weight excluding hydrogens is 260 g/mol. The average Bonchev–Trinajstić information content (AvgIpc) is 2.27. The Bertz CT molecular complexity index is 423. The first-order valence-electron chi connectivity index (χ1n) is 5.66. The van der Waals surface area contributed by atoms with Gasteiger partial charge in [-0.05, 0) is 25.5 Å². The number of nitrogens with zero attached hydrogens (tertiary/aromatic N) is 1. The van der Waals surface area contributed by atoms with Crippen LogP contribution in [-0.2, 0) is 0 Å². The highest BCUT2D eigenvalue weighted by molar-refractivity contribution is 6.18. The molecule has 0 unspecified atom stereocenters. The lowest BCUT2D eigenvalue weighted by atomic mass is 10.0. The first-order chi connectivity index (χ1) is 8.45. The highest BCUT2D eigenvalue weighted by Gasteiger charge is 2.20. The van der Waals surface area contributed by atoms with Gasteiger partial charge in [0.2, 0.25) is 0 Å². The molecule has 0 bridgehead atoms. The maximum Gasteiger partial charge on any atom is 0.255 e. The molecule has 5 heteroatoms. The molecule has 0 fully saturated rings. The van der Waals surface area contributed by atoms with Crippen molar-refractivity contribution < 1.29 is 13.6 Å². The zero-order valence-electron chi connectivity index (χ0n) is 10.4. The fourth-order valence-corrected chi connectivity index (χ4v) is 1.97. The van der Waals surface area contributed by atoms with Crippen molar-refractivity contribution in [2.45, 2.75) is 20.3 Å². The maximum absolute atomic E-state index is 12.4. The topological polar surface area (TPSA) is 20.3 Å². The molecule has 2 nitrogen and oxygen atoms in total. The van der Waals surface area contributed by atoms with Crippen molar-refractivity contribution in [2.24, 2.45) is 0 Å². The van der Waals surface area contributed by atoms with Gasteiger partial charge in [-0.1, -0.05) is 17.7 Å². The summed E-state index contributed by atoms with van der Waals surface area (Å²) in [7, 11) is 0. The molecule has 1 rings (SSSR count). The van der Waals surface area contributed by atoms with Gasteiger partial charge in [-0.25, -0.2) is 8.78 Å². The van der Waals surface area contributed by atoms with Crippen molar-refractivity contribution in [1.82, 2.24) is 4.90 Å². The molecule has 0 aromatic heterocycles. The van der Waals surface area contributed by atoms with E-state index in [1.54, 1.807) is 19.1 Å². The minimum Gasteiger partial charge on any atom is -0.332 e. The Morgan fingerprint density at radius 3 is 2.56 bits per heavy atom. The van der Waals surface area contributed by atoms with Gasteiger partial charge in [0, 0.05) is 18.0 Å². The van der Waals surface area contributed by atoms with Crippen LogP contribution in [0.3, 0.4) is 0 Å². The van der Waals surface area contributed by atoms with Crippen molar-refractivity contribution in [3.05, 3.63) is 34.9 Å². The summed E-state index contributed by atoms with van der Waals surface area (Å²) in [6, 6.07) is 5.32. The van der Waals surface area contributed by atoms with Gasteiger partial charge in [-0.3, -0.25) is 4.79 Å². The molecule has 0 aliphatic carbocycles. The molecule has 0 aliphatic heterocycles. The summed E-state index contributed by atoms with van der Waals surface area (Å²) in [5.41, 5.74) is 2.27. The number of benzene rings is 1. The molecule has 0 heterocycles. The molecule has 1 aromatic rings. The Balaban J connectivity index is 2.94. The second-order valence-corrected chi connectivity index (χ2v) is 4.53. The molecule has 0 N–H and O–H groups in total. The van der Waals surface area contributed by atoms with Crippen LogP contribution in [0.4, 0.5) is 8.78 Å². The number of hydrogen-bond acceptors (Lipinski definition) is 1. The molecule has 0 saturated carbocycles. The second-order valence-electron chi connectivity index (χ2n) is 4.15. The largest absolute Gasteiger partial charge is 0.332 e. The van der Waals surface area contributed by atoms with Crippen LogP contribution in [0.25, 0.3) is 0 Å². The summed E-state index contributed by atoms with van der Waals surface area (Å²) in [5, 5.41) is 0. The van der Waals surface area contributed by atoms with Crippen LogP contribution >= 0.6 is 11.6 Å². The Kier molecular flexibility index (Phi) is 5.54. The van der Waals surface area contributed by atoms with E-state index in [1.807, 2.05) is 13.0 Å². The Morgan fingerprint density at radius 2 is 2.06 bits per heavy atom. The van der Waals surface area contributed by atoms with E-state index < -0.39 is 18.9 Å². The average molecular weight is 276 g/mol. The number of alkyl halides is 3. The van der Waals surface area contributed by atoms with E-state index in [0.717, 1.165) is 16.0 Å². The smallest absolute Gasteiger partial charge is 0.255 e. The van der Waals surface area contributed by atoms with Crippen molar-refractivity contribution in [3.8, 4) is 0 Å². The first-order valence-corrected chi connectivity index (χ1v) is 6.19. The van der Waals surface area contributed by atoms with Gasteiger partial charge in [0.1, 0.15) is 0 Å². The predicted molar refractivity (Wildman–Crippen MR) is 68.5 cm³/mol. The minimum atomic E-state index is -2.55. The van der Waals surface area contributed by atoms with E-state index in [2.05, 4.69) is 0 Å². The highest BCUT2D eigenvalue weighted by atomic mass is 35.5. The first kappa shape index (κ1) is 14.9. The van der Waals surface area contributed by atoms with Gasteiger partial charge < -0.3 is 4.90 Å². The van der Waals surface area contributed by atoms with E-state index in [0.29, 0.717) is 5.56 Å². The van der Waals surface area contributed by atoms with Gasteiger partial charge in [-0.2, -0.15) is 0 Å². The standard InChI is InChI=1S/C13H16ClF2NO/c1-9-3-4-11(10(2)7-9)13(18)17(6-5-14)8-12(15)16/h3-4,7,12H,5-6,8H2,1-2H3. The van der Waals surface area contributed by atoms with Gasteiger partial charge in [-0.15, -0.1) is 11.6 Å². The lowest BCUT2D eigenvalue weighted by molar-refractivity contribution is 0.0570. The third-order valence-electron chi connectivity index (χ3n) is 2.61. The van der Waals surface area contributed by atoms with E-state index in [9.17, 15) is 13.6 Å². The number of hydrogen-bond donors (Lipinski definition) is 0. The molecule has 1 amide bonds. The molecule has 1 aromatic carbocycles. The predicted octanol–water partition coefficient (Wildman–Crippen LogP) is 3.25. The summed E-state index contributed by atoms with van der Waals surface area (Å²) in [4.78, 5) is 13.2. The lowest BCUT2D eigenvalue weighted by Gasteiger charge is -2.22. The van der Waals surface area contributed by atoms with Crippen LogP contribution in [0, 0.1) is 13.8 Å². The second kappa shape index (κ2) is 6.69. The fourth-order valence-electron chi connectivity index (χ4n) is 1.77. The number of carbonyl (C=O) groups excluding carboxylic acids is 1. The SMILES string of the molecule is Cc1ccc(C(=O)N(CCCl)CC(F)F)c(C)c1. The number of rotatable bonds is 5. The monoisotopic (exact) mass is 275 g/mol. The number of carbonyl (C=O) groups is 1. The van der Waals surface area contributed by atoms with E-state index >= 15 is 0 Å². The van der Waals surface area contributed by atoms with E-state index in [4.69, 9.17) is 11.6 Å². The van der Waals surface area contributed by atoms with Crippen molar-refractivity contribution in [2.75, 3.05) is 19.0 Å². The molecular formula is C13H16ClF2NO. The zero-order chi connectivity index (χ0) is 13.7. The van der Waals surface area contributed by atoms with Crippen LogP contribution in [0.5, 0.6) is 0 Å². The quantitative estimate of drug-likeness (QED) is 0.756. The fraction of sp³-hybridized carbons (Fsp3) is 0.462. The number of halogens is 3. The Morgan fingerprint density at radius 1 is 1.39 bits per heavy atom. The van der Waals surface area contributed by atoms with Crippen LogP contribution in [0.2, 0.25) is 0 Å². The molecule has 0 aliphatic rings. The van der Waals surface area contributed by atoms with Gasteiger partial charge in [0.25, 0.3) is 12.3 Å². The summed E-state index contributed by atoms with van der Waals surface area (Å²) in [6.07, 6.45) is -2.55. The number of amides is 1. The van der Waals surface area contributed by atoms with Crippen LogP contribution in [-0.4, -0.2) is 36.2 Å². The molecule has 100 valence electrons. The Hall–Kier alpha value is -1.16. The van der Waals surface area contributed by atoms with E-state index in [1.165, 1.54) is 0 Å². The minimum absolute atomic E-state index is 0.123. The normalized spacial score (nSPS) is 10.8. The molecule has 0 spiro atoms. The molecule has 0 saturated heterocycles. The lowest BCUT2D eigenvalue weighted by Crippen LogP contribution is -2.37. The highest BCUT2D eigenvalue weighted by Crippen LogP contribution is 2.14. The third kappa shape index (κ3) is 3.95.